The van der Waals surface area contributed by atoms with Crippen LogP contribution in [0.5, 0.6) is 0 Å². The van der Waals surface area contributed by atoms with Gasteiger partial charge in [-0.3, -0.25) is 0 Å². The maximum Gasteiger partial charge on any atom is 0.282 e. The van der Waals surface area contributed by atoms with E-state index in [9.17, 15) is 0 Å². The highest BCUT2D eigenvalue weighted by atomic mass is 16.5. The number of benzene rings is 2. The third-order valence-corrected chi connectivity index (χ3v) is 2.85. The van der Waals surface area contributed by atoms with Crippen LogP contribution >= 0.6 is 0 Å². The highest BCUT2D eigenvalue weighted by Gasteiger charge is 2.20. The molecule has 2 aromatic carbocycles. The van der Waals surface area contributed by atoms with Gasteiger partial charge >= 0.3 is 0 Å². The fourth-order valence-electron chi connectivity index (χ4n) is 2.09. The lowest BCUT2D eigenvalue weighted by Crippen LogP contribution is -2.10. The van der Waals surface area contributed by atoms with Crippen LogP contribution < -0.4 is 5.73 Å². The molecule has 1 atom stereocenters. The number of ether oxygens (including phenoxy) is 1. The van der Waals surface area contributed by atoms with E-state index < -0.39 is 0 Å². The number of nitrogens with two attached hydrogens (primary N) is 1. The molecule has 2 N–H and O–H groups in total. The van der Waals surface area contributed by atoms with Crippen LogP contribution in [0.2, 0.25) is 0 Å². The van der Waals surface area contributed by atoms with Crippen molar-refractivity contribution in [1.82, 2.24) is 0 Å². The van der Waals surface area contributed by atoms with E-state index in [1.807, 2.05) is 18.2 Å². The van der Waals surface area contributed by atoms with Crippen LogP contribution in [0.15, 0.2) is 47.5 Å². The summed E-state index contributed by atoms with van der Waals surface area (Å²) in [6.45, 7) is 0.542. The first-order valence-corrected chi connectivity index (χ1v) is 5.28. The molecule has 0 bridgehead atoms. The minimum atomic E-state index is 0.0334. The number of amidine groups is 1. The minimum absolute atomic E-state index is 0.0334. The number of aliphatic imine (C=N–C) groups is 1. The molecular formula is C13H12N2O. The van der Waals surface area contributed by atoms with E-state index in [4.69, 9.17) is 10.5 Å². The molecule has 1 heterocycles. The van der Waals surface area contributed by atoms with Gasteiger partial charge < -0.3 is 10.5 Å². The summed E-state index contributed by atoms with van der Waals surface area (Å²) in [5, 5.41) is 2.44. The van der Waals surface area contributed by atoms with Crippen molar-refractivity contribution < 1.29 is 4.74 Å². The molecule has 0 amide bonds. The molecule has 0 spiro atoms. The summed E-state index contributed by atoms with van der Waals surface area (Å²) in [6.07, 6.45) is 0. The second kappa shape index (κ2) is 3.52. The van der Waals surface area contributed by atoms with Crippen LogP contribution in [0, 0.1) is 0 Å². The zero-order valence-electron chi connectivity index (χ0n) is 8.76. The Balaban J connectivity index is 2.17. The Morgan fingerprint density at radius 2 is 1.94 bits per heavy atom. The van der Waals surface area contributed by atoms with Gasteiger partial charge in [-0.15, -0.1) is 0 Å². The van der Waals surface area contributed by atoms with Gasteiger partial charge in [0.1, 0.15) is 12.6 Å². The van der Waals surface area contributed by atoms with Gasteiger partial charge in [0.15, 0.2) is 0 Å². The Bertz CT molecular complexity index is 557. The molecule has 0 aromatic heterocycles. The molecule has 80 valence electrons. The number of fused-ring (bicyclic) bond motifs is 1. The molecule has 2 aromatic rings. The molecule has 1 aliphatic heterocycles. The zero-order valence-corrected chi connectivity index (χ0v) is 8.76. The second-order valence-corrected chi connectivity index (χ2v) is 3.86. The third kappa shape index (κ3) is 1.41. The van der Waals surface area contributed by atoms with Gasteiger partial charge in [-0.05, 0) is 16.3 Å². The lowest BCUT2D eigenvalue weighted by Gasteiger charge is -2.09. The van der Waals surface area contributed by atoms with Crippen molar-refractivity contribution in [2.24, 2.45) is 10.7 Å². The number of hydrogen-bond donors (Lipinski definition) is 1. The molecule has 0 saturated heterocycles. The molecule has 0 radical (unpaired) electrons. The summed E-state index contributed by atoms with van der Waals surface area (Å²) in [5.74, 6) is 0. The van der Waals surface area contributed by atoms with Crippen LogP contribution in [-0.4, -0.2) is 12.6 Å². The molecule has 0 unspecified atom stereocenters. The summed E-state index contributed by atoms with van der Waals surface area (Å²) in [4.78, 5) is 4.28. The van der Waals surface area contributed by atoms with Crippen molar-refractivity contribution >= 4 is 16.8 Å². The average Bonchev–Trinajstić information content (AvgIpc) is 2.75. The van der Waals surface area contributed by atoms with Crippen molar-refractivity contribution in [3.8, 4) is 0 Å². The average molecular weight is 212 g/mol. The van der Waals surface area contributed by atoms with Gasteiger partial charge in [0.25, 0.3) is 6.02 Å². The highest BCUT2D eigenvalue weighted by Crippen LogP contribution is 2.28. The quantitative estimate of drug-likeness (QED) is 0.787. The molecule has 0 saturated carbocycles. The van der Waals surface area contributed by atoms with Gasteiger partial charge in [0, 0.05) is 0 Å². The summed E-state index contributed by atoms with van der Waals surface area (Å²) >= 11 is 0. The summed E-state index contributed by atoms with van der Waals surface area (Å²) in [7, 11) is 0. The van der Waals surface area contributed by atoms with Gasteiger partial charge in [-0.1, -0.05) is 42.5 Å². The van der Waals surface area contributed by atoms with Crippen LogP contribution in [-0.2, 0) is 4.74 Å². The van der Waals surface area contributed by atoms with Gasteiger partial charge in [0.05, 0.1) is 0 Å². The summed E-state index contributed by atoms with van der Waals surface area (Å²) in [5.41, 5.74) is 6.71. The fraction of sp³-hybridized carbons (Fsp3) is 0.154. The maximum atomic E-state index is 5.53. The van der Waals surface area contributed by atoms with E-state index in [1.165, 1.54) is 16.3 Å². The fourth-order valence-corrected chi connectivity index (χ4v) is 2.09. The second-order valence-electron chi connectivity index (χ2n) is 3.86. The predicted molar refractivity (Wildman–Crippen MR) is 64.3 cm³/mol. The Labute approximate surface area is 93.6 Å². The Morgan fingerprint density at radius 3 is 2.75 bits per heavy atom. The van der Waals surface area contributed by atoms with Crippen LogP contribution in [0.25, 0.3) is 10.8 Å². The van der Waals surface area contributed by atoms with E-state index in [2.05, 4.69) is 29.3 Å². The minimum Gasteiger partial charge on any atom is -0.463 e. The Morgan fingerprint density at radius 1 is 1.12 bits per heavy atom. The summed E-state index contributed by atoms with van der Waals surface area (Å²) in [6, 6.07) is 14.8. The number of rotatable bonds is 1. The lowest BCUT2D eigenvalue weighted by atomic mass is 10.00. The molecule has 3 heteroatoms. The first-order valence-electron chi connectivity index (χ1n) is 5.28. The van der Waals surface area contributed by atoms with Crippen molar-refractivity contribution in [2.75, 3.05) is 6.61 Å². The SMILES string of the molecule is NC1=N[C@@H](c2cccc3ccccc23)CO1. The number of hydrogen-bond acceptors (Lipinski definition) is 3. The lowest BCUT2D eigenvalue weighted by molar-refractivity contribution is 0.315. The largest absolute Gasteiger partial charge is 0.463 e. The zero-order chi connectivity index (χ0) is 11.0. The normalized spacial score (nSPS) is 19.5. The predicted octanol–water partition coefficient (Wildman–Crippen LogP) is 2.23. The molecule has 3 nitrogen and oxygen atoms in total. The van der Waals surface area contributed by atoms with Crippen molar-refractivity contribution in [1.29, 1.82) is 0 Å². The van der Waals surface area contributed by atoms with Crippen LogP contribution in [0.3, 0.4) is 0 Å². The Hall–Kier alpha value is -2.03. The standard InChI is InChI=1S/C13H12N2O/c14-13-15-12(8-16-13)11-7-3-5-9-4-1-2-6-10(9)11/h1-7,12H,8H2,(H2,14,15)/t12-/m1/s1. The van der Waals surface area contributed by atoms with Crippen LogP contribution in [0.4, 0.5) is 0 Å². The molecule has 0 fully saturated rings. The molecule has 0 aliphatic carbocycles. The van der Waals surface area contributed by atoms with Crippen LogP contribution in [0.1, 0.15) is 11.6 Å². The van der Waals surface area contributed by atoms with Gasteiger partial charge in [0.2, 0.25) is 0 Å². The van der Waals surface area contributed by atoms with E-state index in [-0.39, 0.29) is 12.1 Å². The third-order valence-electron chi connectivity index (χ3n) is 2.85. The summed E-state index contributed by atoms with van der Waals surface area (Å²) < 4.78 is 5.20. The smallest absolute Gasteiger partial charge is 0.282 e. The van der Waals surface area contributed by atoms with E-state index >= 15 is 0 Å². The number of nitrogens with zero attached hydrogens (tertiary/aromatic N) is 1. The maximum absolute atomic E-state index is 5.53. The van der Waals surface area contributed by atoms with Crippen molar-refractivity contribution in [2.45, 2.75) is 6.04 Å². The van der Waals surface area contributed by atoms with Gasteiger partial charge in [-0.25, -0.2) is 4.99 Å². The first-order chi connectivity index (χ1) is 7.84. The molecule has 1 aliphatic rings. The highest BCUT2D eigenvalue weighted by molar-refractivity contribution is 5.86. The van der Waals surface area contributed by atoms with E-state index in [0.717, 1.165) is 0 Å². The van der Waals surface area contributed by atoms with Crippen molar-refractivity contribution in [3.63, 3.8) is 0 Å². The monoisotopic (exact) mass is 212 g/mol. The molecule has 3 rings (SSSR count). The Kier molecular flexibility index (Phi) is 2.03. The van der Waals surface area contributed by atoms with E-state index in [1.54, 1.807) is 0 Å². The first kappa shape index (κ1) is 9.21. The molecule has 16 heavy (non-hydrogen) atoms. The van der Waals surface area contributed by atoms with Crippen molar-refractivity contribution in [3.05, 3.63) is 48.0 Å². The molecular weight excluding hydrogens is 200 g/mol. The van der Waals surface area contributed by atoms with E-state index in [0.29, 0.717) is 6.61 Å². The topological polar surface area (TPSA) is 47.6 Å². The van der Waals surface area contributed by atoms with Gasteiger partial charge in [-0.2, -0.15) is 0 Å².